The van der Waals surface area contributed by atoms with Crippen LogP contribution in [0.5, 0.6) is 0 Å². The summed E-state index contributed by atoms with van der Waals surface area (Å²) in [6.07, 6.45) is 20.7. The van der Waals surface area contributed by atoms with E-state index in [4.69, 9.17) is 19.3 Å². The summed E-state index contributed by atoms with van der Waals surface area (Å²) in [5, 5.41) is 9.10. The second kappa shape index (κ2) is 24.5. The van der Waals surface area contributed by atoms with Crippen molar-refractivity contribution in [2.75, 3.05) is 19.8 Å². The first-order valence-electron chi connectivity index (χ1n) is 16.7. The minimum absolute atomic E-state index is 0.0650. The van der Waals surface area contributed by atoms with Crippen LogP contribution in [0.4, 0.5) is 0 Å². The fraction of sp³-hybridized carbons (Fsp3) is 0.941. The lowest BCUT2D eigenvalue weighted by atomic mass is 9.92. The van der Waals surface area contributed by atoms with Crippen molar-refractivity contribution < 1.29 is 28.9 Å². The molecular formula is C34H66O6. The molecule has 0 aliphatic rings. The van der Waals surface area contributed by atoms with Gasteiger partial charge in [0.2, 0.25) is 0 Å². The number of esters is 2. The second-order valence-electron chi connectivity index (χ2n) is 12.9. The largest absolute Gasteiger partial charge is 0.466 e. The Kier molecular flexibility index (Phi) is 23.8. The number of aliphatic hydroxyl groups is 1. The van der Waals surface area contributed by atoms with Crippen LogP contribution < -0.4 is 0 Å². The van der Waals surface area contributed by atoms with Crippen LogP contribution in [-0.4, -0.2) is 48.1 Å². The van der Waals surface area contributed by atoms with E-state index >= 15 is 0 Å². The molecule has 0 aliphatic carbocycles. The van der Waals surface area contributed by atoms with E-state index in [2.05, 4.69) is 13.8 Å². The predicted molar refractivity (Wildman–Crippen MR) is 165 cm³/mol. The molecule has 0 heterocycles. The SMILES string of the molecule is CCCCCCCC(CCCCC)CCOC(=O)CCCCCCCC(=O)OC(C)(C)CCOC(C)(C)CCO. The summed E-state index contributed by atoms with van der Waals surface area (Å²) in [5.41, 5.74) is -0.952. The number of hydrogen-bond acceptors (Lipinski definition) is 6. The molecule has 0 amide bonds. The quantitative estimate of drug-likeness (QED) is 0.0746. The molecule has 40 heavy (non-hydrogen) atoms. The number of carbonyl (C=O) groups is 2. The van der Waals surface area contributed by atoms with Gasteiger partial charge in [0, 0.05) is 25.9 Å². The molecular weight excluding hydrogens is 504 g/mol. The number of unbranched alkanes of at least 4 members (excludes halogenated alkanes) is 10. The van der Waals surface area contributed by atoms with Gasteiger partial charge in [-0.1, -0.05) is 97.3 Å². The Morgan fingerprint density at radius 3 is 1.77 bits per heavy atom. The molecule has 0 saturated heterocycles. The minimum atomic E-state index is -0.573. The van der Waals surface area contributed by atoms with Crippen LogP contribution in [0.1, 0.15) is 170 Å². The third-order valence-corrected chi connectivity index (χ3v) is 7.78. The van der Waals surface area contributed by atoms with Gasteiger partial charge in [0.1, 0.15) is 5.60 Å². The highest BCUT2D eigenvalue weighted by Crippen LogP contribution is 2.22. The maximum atomic E-state index is 12.3. The monoisotopic (exact) mass is 570 g/mol. The van der Waals surface area contributed by atoms with E-state index in [1.807, 2.05) is 27.7 Å². The van der Waals surface area contributed by atoms with Crippen molar-refractivity contribution in [1.29, 1.82) is 0 Å². The van der Waals surface area contributed by atoms with Crippen molar-refractivity contribution in [3.8, 4) is 0 Å². The predicted octanol–water partition coefficient (Wildman–Crippen LogP) is 9.10. The molecule has 0 aromatic rings. The second-order valence-corrected chi connectivity index (χ2v) is 12.9. The summed E-state index contributed by atoms with van der Waals surface area (Å²) in [6.45, 7) is 13.4. The van der Waals surface area contributed by atoms with Crippen molar-refractivity contribution >= 4 is 11.9 Å². The molecule has 6 heteroatoms. The molecule has 0 aromatic heterocycles. The topological polar surface area (TPSA) is 82.1 Å². The molecule has 1 N–H and O–H groups in total. The number of rotatable bonds is 28. The molecule has 0 saturated carbocycles. The van der Waals surface area contributed by atoms with Crippen molar-refractivity contribution in [1.82, 2.24) is 0 Å². The van der Waals surface area contributed by atoms with Gasteiger partial charge in [-0.05, 0) is 59.3 Å². The lowest BCUT2D eigenvalue weighted by Crippen LogP contribution is -2.33. The smallest absolute Gasteiger partial charge is 0.306 e. The molecule has 0 spiro atoms. The Hall–Kier alpha value is -1.14. The number of ether oxygens (including phenoxy) is 3. The minimum Gasteiger partial charge on any atom is -0.466 e. The Balaban J connectivity index is 3.92. The Labute approximate surface area is 247 Å². The molecule has 6 nitrogen and oxygen atoms in total. The summed E-state index contributed by atoms with van der Waals surface area (Å²) in [6, 6.07) is 0. The van der Waals surface area contributed by atoms with Gasteiger partial charge in [-0.2, -0.15) is 0 Å². The molecule has 1 unspecified atom stereocenters. The zero-order valence-electron chi connectivity index (χ0n) is 27.3. The Morgan fingerprint density at radius 2 is 1.15 bits per heavy atom. The van der Waals surface area contributed by atoms with E-state index in [-0.39, 0.29) is 24.1 Å². The molecule has 0 radical (unpaired) electrons. The van der Waals surface area contributed by atoms with Crippen molar-refractivity contribution in [3.63, 3.8) is 0 Å². The van der Waals surface area contributed by atoms with Crippen molar-refractivity contribution in [3.05, 3.63) is 0 Å². The molecule has 0 rings (SSSR count). The van der Waals surface area contributed by atoms with Crippen LogP contribution in [0, 0.1) is 5.92 Å². The molecule has 0 aromatic carbocycles. The van der Waals surface area contributed by atoms with Gasteiger partial charge in [0.05, 0.1) is 18.8 Å². The molecule has 0 fully saturated rings. The van der Waals surface area contributed by atoms with Crippen LogP contribution in [-0.2, 0) is 23.8 Å². The highest BCUT2D eigenvalue weighted by atomic mass is 16.6. The first kappa shape index (κ1) is 38.9. The van der Waals surface area contributed by atoms with Gasteiger partial charge >= 0.3 is 11.9 Å². The summed E-state index contributed by atoms with van der Waals surface area (Å²) in [5.74, 6) is 0.456. The zero-order valence-corrected chi connectivity index (χ0v) is 27.3. The third-order valence-electron chi connectivity index (χ3n) is 7.78. The van der Waals surface area contributed by atoms with Crippen LogP contribution in [0.2, 0.25) is 0 Å². The van der Waals surface area contributed by atoms with Gasteiger partial charge in [-0.15, -0.1) is 0 Å². The Morgan fingerprint density at radius 1 is 0.625 bits per heavy atom. The van der Waals surface area contributed by atoms with E-state index in [9.17, 15) is 9.59 Å². The van der Waals surface area contributed by atoms with E-state index in [1.54, 1.807) is 0 Å². The normalized spacial score (nSPS) is 12.9. The van der Waals surface area contributed by atoms with Gasteiger partial charge in [0.25, 0.3) is 0 Å². The van der Waals surface area contributed by atoms with E-state index in [0.717, 1.165) is 38.5 Å². The van der Waals surface area contributed by atoms with Crippen molar-refractivity contribution in [2.45, 2.75) is 181 Å². The summed E-state index contributed by atoms with van der Waals surface area (Å²) in [4.78, 5) is 24.5. The Bertz CT molecular complexity index is 616. The van der Waals surface area contributed by atoms with E-state index in [1.165, 1.54) is 64.2 Å². The molecule has 0 bridgehead atoms. The molecule has 1 atom stereocenters. The van der Waals surface area contributed by atoms with Gasteiger partial charge in [-0.25, -0.2) is 0 Å². The van der Waals surface area contributed by atoms with Gasteiger partial charge < -0.3 is 19.3 Å². The fourth-order valence-electron chi connectivity index (χ4n) is 4.96. The van der Waals surface area contributed by atoms with Gasteiger partial charge in [-0.3, -0.25) is 9.59 Å². The molecule has 238 valence electrons. The van der Waals surface area contributed by atoms with Crippen LogP contribution in [0.3, 0.4) is 0 Å². The van der Waals surface area contributed by atoms with Crippen molar-refractivity contribution in [2.24, 2.45) is 5.92 Å². The average molecular weight is 571 g/mol. The first-order chi connectivity index (χ1) is 19.0. The lowest BCUT2D eigenvalue weighted by Gasteiger charge is -2.29. The zero-order chi connectivity index (χ0) is 30.1. The summed E-state index contributed by atoms with van der Waals surface area (Å²) >= 11 is 0. The third kappa shape index (κ3) is 24.6. The molecule has 0 aliphatic heterocycles. The standard InChI is InChI=1S/C34H66O6/c1-7-9-11-13-17-21-30(20-16-10-8-2)24-28-38-31(36)22-18-14-12-15-19-23-32(37)40-34(5,6)26-29-39-33(3,4)25-27-35/h30,35H,7-29H2,1-6H3. The fourth-order valence-corrected chi connectivity index (χ4v) is 4.96. The van der Waals surface area contributed by atoms with Gasteiger partial charge in [0.15, 0.2) is 0 Å². The van der Waals surface area contributed by atoms with E-state index in [0.29, 0.717) is 44.8 Å². The first-order valence-corrected chi connectivity index (χ1v) is 16.7. The number of hydrogen-bond donors (Lipinski definition) is 1. The summed E-state index contributed by atoms with van der Waals surface area (Å²) < 4.78 is 17.1. The highest BCUT2D eigenvalue weighted by Gasteiger charge is 2.25. The van der Waals surface area contributed by atoms with E-state index < -0.39 is 5.60 Å². The summed E-state index contributed by atoms with van der Waals surface area (Å²) in [7, 11) is 0. The highest BCUT2D eigenvalue weighted by molar-refractivity contribution is 5.70. The number of aliphatic hydroxyl groups excluding tert-OH is 1. The van der Waals surface area contributed by atoms with Crippen LogP contribution in [0.15, 0.2) is 0 Å². The maximum absolute atomic E-state index is 12.3. The maximum Gasteiger partial charge on any atom is 0.306 e. The van der Waals surface area contributed by atoms with Crippen LogP contribution in [0.25, 0.3) is 0 Å². The lowest BCUT2D eigenvalue weighted by molar-refractivity contribution is -0.159. The average Bonchev–Trinajstić information content (AvgIpc) is 2.87. The number of carbonyl (C=O) groups excluding carboxylic acids is 2. The van der Waals surface area contributed by atoms with Crippen LogP contribution >= 0.6 is 0 Å².